The molecule has 10 heteroatoms. The van der Waals surface area contributed by atoms with Gasteiger partial charge in [-0.15, -0.1) is 6.58 Å². The Hall–Kier alpha value is -3.14. The summed E-state index contributed by atoms with van der Waals surface area (Å²) in [5.41, 5.74) is 0.503. The SMILES string of the molecule is C=CCN1c2ccccc2C(O)=C(C(=O)Nc2ncn[nH]2)S1(=O)=O. The van der Waals surface area contributed by atoms with Crippen molar-refractivity contribution in [3.63, 3.8) is 0 Å². The molecule has 9 nitrogen and oxygen atoms in total. The van der Waals surface area contributed by atoms with Crippen LogP contribution in [-0.2, 0) is 14.8 Å². The van der Waals surface area contributed by atoms with Crippen LogP contribution in [0.5, 0.6) is 0 Å². The molecule has 0 bridgehead atoms. The third kappa shape index (κ3) is 2.42. The van der Waals surface area contributed by atoms with E-state index in [2.05, 4.69) is 27.1 Å². The van der Waals surface area contributed by atoms with Gasteiger partial charge in [-0.1, -0.05) is 18.2 Å². The average molecular weight is 347 g/mol. The van der Waals surface area contributed by atoms with E-state index in [1.54, 1.807) is 12.1 Å². The highest BCUT2D eigenvalue weighted by molar-refractivity contribution is 7.97. The van der Waals surface area contributed by atoms with Gasteiger partial charge in [-0.25, -0.2) is 13.5 Å². The van der Waals surface area contributed by atoms with Gasteiger partial charge < -0.3 is 5.11 Å². The van der Waals surface area contributed by atoms with E-state index in [0.717, 1.165) is 10.6 Å². The maximum atomic E-state index is 12.8. The lowest BCUT2D eigenvalue weighted by Gasteiger charge is -2.30. The topological polar surface area (TPSA) is 128 Å². The summed E-state index contributed by atoms with van der Waals surface area (Å²) < 4.78 is 26.6. The van der Waals surface area contributed by atoms with Gasteiger partial charge in [0.2, 0.25) is 5.95 Å². The van der Waals surface area contributed by atoms with Crippen LogP contribution in [-0.4, -0.2) is 41.2 Å². The predicted octanol–water partition coefficient (Wildman–Crippen LogP) is 1.01. The number of carbonyl (C=O) groups excluding carboxylic acids is 1. The van der Waals surface area contributed by atoms with Crippen molar-refractivity contribution in [1.29, 1.82) is 0 Å². The van der Waals surface area contributed by atoms with Crippen molar-refractivity contribution in [1.82, 2.24) is 15.2 Å². The number of aromatic amines is 1. The molecule has 1 aromatic heterocycles. The van der Waals surface area contributed by atoms with Crippen LogP contribution in [0.2, 0.25) is 0 Å². The Bertz CT molecular complexity index is 934. The van der Waals surface area contributed by atoms with Crippen LogP contribution in [0.1, 0.15) is 5.56 Å². The largest absolute Gasteiger partial charge is 0.506 e. The van der Waals surface area contributed by atoms with E-state index < -0.39 is 26.6 Å². The van der Waals surface area contributed by atoms with Crippen molar-refractivity contribution in [2.45, 2.75) is 0 Å². The van der Waals surface area contributed by atoms with Crippen molar-refractivity contribution in [3.8, 4) is 0 Å². The number of anilines is 2. The summed E-state index contributed by atoms with van der Waals surface area (Å²) >= 11 is 0. The number of para-hydroxylation sites is 1. The van der Waals surface area contributed by atoms with E-state index in [9.17, 15) is 18.3 Å². The standard InChI is InChI=1S/C14H13N5O4S/c1-2-7-19-10-6-4-3-5-9(10)11(20)12(24(19,22)23)13(21)17-14-15-8-16-18-14/h2-6,8,20H,1,7H2,(H2,15,16,17,18,21). The van der Waals surface area contributed by atoms with Gasteiger partial charge in [0.25, 0.3) is 15.9 Å². The minimum atomic E-state index is -4.27. The quantitative estimate of drug-likeness (QED) is 0.708. The van der Waals surface area contributed by atoms with Crippen molar-refractivity contribution in [3.05, 3.63) is 53.7 Å². The zero-order valence-corrected chi connectivity index (χ0v) is 13.1. The molecule has 24 heavy (non-hydrogen) atoms. The van der Waals surface area contributed by atoms with Crippen molar-refractivity contribution in [2.75, 3.05) is 16.2 Å². The Morgan fingerprint density at radius 1 is 1.42 bits per heavy atom. The van der Waals surface area contributed by atoms with Gasteiger partial charge in [0.1, 0.15) is 6.33 Å². The van der Waals surface area contributed by atoms with Gasteiger partial charge >= 0.3 is 0 Å². The van der Waals surface area contributed by atoms with Gasteiger partial charge in [0.15, 0.2) is 10.7 Å². The zero-order chi connectivity index (χ0) is 17.3. The summed E-state index contributed by atoms with van der Waals surface area (Å²) in [5.74, 6) is -1.68. The molecule has 1 amide bonds. The van der Waals surface area contributed by atoms with E-state index in [-0.39, 0.29) is 23.7 Å². The Balaban J connectivity index is 2.15. The number of hydrogen-bond acceptors (Lipinski definition) is 6. The number of rotatable bonds is 4. The highest BCUT2D eigenvalue weighted by atomic mass is 32.2. The summed E-state index contributed by atoms with van der Waals surface area (Å²) in [6, 6.07) is 6.33. The fourth-order valence-corrected chi connectivity index (χ4v) is 3.92. The lowest BCUT2D eigenvalue weighted by molar-refractivity contribution is -0.112. The third-order valence-corrected chi connectivity index (χ3v) is 5.16. The lowest BCUT2D eigenvalue weighted by atomic mass is 10.1. The van der Waals surface area contributed by atoms with E-state index in [0.29, 0.717) is 0 Å². The van der Waals surface area contributed by atoms with Crippen LogP contribution in [0.25, 0.3) is 5.76 Å². The minimum absolute atomic E-state index is 0.0374. The van der Waals surface area contributed by atoms with Crippen LogP contribution >= 0.6 is 0 Å². The number of fused-ring (bicyclic) bond motifs is 1. The van der Waals surface area contributed by atoms with Crippen molar-refractivity contribution >= 4 is 33.3 Å². The highest BCUT2D eigenvalue weighted by Gasteiger charge is 2.41. The summed E-state index contributed by atoms with van der Waals surface area (Å²) in [7, 11) is -4.27. The molecule has 1 aromatic carbocycles. The predicted molar refractivity (Wildman–Crippen MR) is 87.5 cm³/mol. The minimum Gasteiger partial charge on any atom is -0.506 e. The number of benzene rings is 1. The number of H-pyrrole nitrogens is 1. The first kappa shape index (κ1) is 15.7. The second-order valence-electron chi connectivity index (χ2n) is 4.81. The first-order chi connectivity index (χ1) is 11.5. The molecule has 0 atom stereocenters. The first-order valence-corrected chi connectivity index (χ1v) is 8.24. The number of aliphatic hydroxyl groups excluding tert-OH is 1. The molecule has 1 aliphatic rings. The lowest BCUT2D eigenvalue weighted by Crippen LogP contribution is -2.39. The summed E-state index contributed by atoms with van der Waals surface area (Å²) in [6.07, 6.45) is 2.54. The zero-order valence-electron chi connectivity index (χ0n) is 12.3. The van der Waals surface area contributed by atoms with Gasteiger partial charge in [-0.05, 0) is 12.1 Å². The third-order valence-electron chi connectivity index (χ3n) is 3.34. The molecule has 0 unspecified atom stereocenters. The number of aromatic nitrogens is 3. The maximum absolute atomic E-state index is 12.8. The molecule has 0 spiro atoms. The Morgan fingerprint density at radius 2 is 2.17 bits per heavy atom. The summed E-state index contributed by atoms with van der Waals surface area (Å²) in [4.78, 5) is 15.3. The van der Waals surface area contributed by atoms with Gasteiger partial charge in [0.05, 0.1) is 12.2 Å². The highest BCUT2D eigenvalue weighted by Crippen LogP contribution is 2.38. The molecule has 3 N–H and O–H groups in total. The molecule has 0 saturated carbocycles. The second kappa shape index (κ2) is 5.81. The number of nitrogens with zero attached hydrogens (tertiary/aromatic N) is 3. The van der Waals surface area contributed by atoms with E-state index >= 15 is 0 Å². The first-order valence-electron chi connectivity index (χ1n) is 6.80. The molecular formula is C14H13N5O4S. The molecule has 3 rings (SSSR count). The molecule has 0 fully saturated rings. The van der Waals surface area contributed by atoms with Crippen LogP contribution in [0.15, 0.2) is 48.2 Å². The Labute approximate surface area is 137 Å². The molecule has 0 saturated heterocycles. The normalized spacial score (nSPS) is 15.8. The molecular weight excluding hydrogens is 334 g/mol. The molecule has 0 radical (unpaired) electrons. The monoisotopic (exact) mass is 347 g/mol. The molecule has 1 aliphatic heterocycles. The van der Waals surface area contributed by atoms with E-state index in [1.165, 1.54) is 18.2 Å². The number of amides is 1. The number of aliphatic hydroxyl groups is 1. The van der Waals surface area contributed by atoms with Crippen LogP contribution < -0.4 is 9.62 Å². The van der Waals surface area contributed by atoms with E-state index in [4.69, 9.17) is 0 Å². The molecule has 0 aliphatic carbocycles. The number of sulfonamides is 1. The fraction of sp³-hybridized carbons (Fsp3) is 0.0714. The van der Waals surface area contributed by atoms with Gasteiger partial charge in [0, 0.05) is 5.56 Å². The van der Waals surface area contributed by atoms with Crippen LogP contribution in [0.4, 0.5) is 11.6 Å². The number of hydrogen-bond donors (Lipinski definition) is 3. The van der Waals surface area contributed by atoms with Crippen molar-refractivity contribution in [2.24, 2.45) is 0 Å². The molecule has 124 valence electrons. The van der Waals surface area contributed by atoms with Gasteiger partial charge in [-0.3, -0.25) is 14.4 Å². The number of carbonyl (C=O) groups is 1. The van der Waals surface area contributed by atoms with Crippen molar-refractivity contribution < 1.29 is 18.3 Å². The van der Waals surface area contributed by atoms with Gasteiger partial charge in [-0.2, -0.15) is 10.1 Å². The van der Waals surface area contributed by atoms with Crippen LogP contribution in [0, 0.1) is 0 Å². The average Bonchev–Trinajstić information content (AvgIpc) is 3.04. The Morgan fingerprint density at radius 3 is 2.83 bits per heavy atom. The summed E-state index contributed by atoms with van der Waals surface area (Å²) in [5, 5.41) is 18.6. The van der Waals surface area contributed by atoms with E-state index in [1.807, 2.05) is 0 Å². The maximum Gasteiger partial charge on any atom is 0.275 e. The van der Waals surface area contributed by atoms with Crippen LogP contribution in [0.3, 0.4) is 0 Å². The second-order valence-corrected chi connectivity index (χ2v) is 6.61. The smallest absolute Gasteiger partial charge is 0.275 e. The summed E-state index contributed by atoms with van der Waals surface area (Å²) in [6.45, 7) is 3.48. The molecule has 2 heterocycles. The molecule has 2 aromatic rings. The Kier molecular flexibility index (Phi) is 3.81. The number of nitrogens with one attached hydrogen (secondary N) is 2. The fourth-order valence-electron chi connectivity index (χ4n) is 2.34.